The molecule has 28 heavy (non-hydrogen) atoms. The fourth-order valence-electron chi connectivity index (χ4n) is 1.23. The number of carbonyl (C=O) groups is 4. The molecule has 0 aliphatic heterocycles. The van der Waals surface area contributed by atoms with Gasteiger partial charge in [0.25, 0.3) is 0 Å². The van der Waals surface area contributed by atoms with E-state index in [1.54, 1.807) is 0 Å². The van der Waals surface area contributed by atoms with Crippen LogP contribution in [-0.2, 0) is 19.2 Å². The molecule has 0 heterocycles. The summed E-state index contributed by atoms with van der Waals surface area (Å²) in [4.78, 5) is 41.1. The number of hydrogen-bond acceptors (Lipinski definition) is 10. The highest BCUT2D eigenvalue weighted by atomic mass is 32.2. The van der Waals surface area contributed by atoms with E-state index in [-0.39, 0.29) is 11.5 Å². The summed E-state index contributed by atoms with van der Waals surface area (Å²) in [6.07, 6.45) is 0.624. The number of aliphatic carboxylic acids is 4. The Labute approximate surface area is 170 Å². The predicted molar refractivity (Wildman–Crippen MR) is 106 cm³/mol. The Hall–Kier alpha value is -1.58. The fraction of sp³-hybridized carbons (Fsp3) is 0.714. The van der Waals surface area contributed by atoms with Crippen molar-refractivity contribution in [2.24, 2.45) is 22.9 Å². The predicted octanol–water partition coefficient (Wildman–Crippen LogP) is -2.13. The van der Waals surface area contributed by atoms with Gasteiger partial charge in [0.05, 0.1) is 0 Å². The quantitative estimate of drug-likeness (QED) is 0.133. The van der Waals surface area contributed by atoms with Gasteiger partial charge in [-0.25, -0.2) is 0 Å². The number of carboxylic acids is 4. The van der Waals surface area contributed by atoms with Gasteiger partial charge in [0.15, 0.2) is 0 Å². The number of rotatable bonds is 14. The third kappa shape index (κ3) is 16.6. The zero-order valence-electron chi connectivity index (χ0n) is 15.1. The molecule has 4 atom stereocenters. The van der Waals surface area contributed by atoms with Crippen LogP contribution in [-0.4, -0.2) is 91.5 Å². The van der Waals surface area contributed by atoms with Crippen LogP contribution in [0.4, 0.5) is 0 Å². The largest absolute Gasteiger partial charge is 0.480 e. The van der Waals surface area contributed by atoms with Crippen LogP contribution < -0.4 is 22.9 Å². The number of hydrogen-bond donors (Lipinski definition) is 8. The lowest BCUT2D eigenvalue weighted by Gasteiger charge is -2.07. The molecule has 164 valence electrons. The molecule has 12 N–H and O–H groups in total. The van der Waals surface area contributed by atoms with E-state index in [4.69, 9.17) is 43.4 Å². The van der Waals surface area contributed by atoms with E-state index >= 15 is 0 Å². The molecular formula is C14H28N4O8S2. The Morgan fingerprint density at radius 3 is 1.04 bits per heavy atom. The van der Waals surface area contributed by atoms with Crippen LogP contribution in [0.1, 0.15) is 12.8 Å². The molecular weight excluding hydrogens is 416 g/mol. The zero-order chi connectivity index (χ0) is 22.3. The molecule has 0 aromatic heterocycles. The molecule has 0 bridgehead atoms. The Bertz CT molecular complexity index is 424. The first-order valence-electron chi connectivity index (χ1n) is 7.99. The lowest BCUT2D eigenvalue weighted by atomic mass is 10.2. The summed E-state index contributed by atoms with van der Waals surface area (Å²) in [6, 6.07) is -3.57. The van der Waals surface area contributed by atoms with Crippen molar-refractivity contribution in [1.82, 2.24) is 0 Å². The highest BCUT2D eigenvalue weighted by Gasteiger charge is 2.14. The number of nitrogens with two attached hydrogens (primary N) is 4. The average molecular weight is 445 g/mol. The van der Waals surface area contributed by atoms with E-state index in [2.05, 4.69) is 0 Å². The molecule has 0 unspecified atom stereocenters. The minimum absolute atomic E-state index is 0.266. The van der Waals surface area contributed by atoms with E-state index in [0.29, 0.717) is 24.3 Å². The van der Waals surface area contributed by atoms with Crippen LogP contribution in [0, 0.1) is 0 Å². The maximum atomic E-state index is 10.3. The van der Waals surface area contributed by atoms with E-state index in [9.17, 15) is 19.2 Å². The number of carboxylic acid groups (broad SMARTS) is 4. The normalized spacial score (nSPS) is 14.7. The van der Waals surface area contributed by atoms with Crippen molar-refractivity contribution in [2.45, 2.75) is 37.0 Å². The van der Waals surface area contributed by atoms with Crippen LogP contribution in [0.25, 0.3) is 0 Å². The number of thioether (sulfide) groups is 2. The van der Waals surface area contributed by atoms with E-state index in [1.807, 2.05) is 0 Å². The molecule has 0 aliphatic rings. The van der Waals surface area contributed by atoms with Crippen LogP contribution in [0.5, 0.6) is 0 Å². The first-order valence-corrected chi connectivity index (χ1v) is 10.3. The molecule has 0 spiro atoms. The maximum Gasteiger partial charge on any atom is 0.321 e. The van der Waals surface area contributed by atoms with Gasteiger partial charge in [0.2, 0.25) is 0 Å². The van der Waals surface area contributed by atoms with E-state index in [0.717, 1.165) is 0 Å². The molecule has 0 fully saturated rings. The topological polar surface area (TPSA) is 253 Å². The van der Waals surface area contributed by atoms with Gasteiger partial charge in [-0.2, -0.15) is 23.5 Å². The Morgan fingerprint density at radius 1 is 0.571 bits per heavy atom. The summed E-state index contributed by atoms with van der Waals surface area (Å²) in [5.41, 5.74) is 20.9. The second kappa shape index (κ2) is 16.4. The maximum absolute atomic E-state index is 10.3. The van der Waals surface area contributed by atoms with Crippen LogP contribution in [0.2, 0.25) is 0 Å². The lowest BCUT2D eigenvalue weighted by Crippen LogP contribution is -2.33. The van der Waals surface area contributed by atoms with Crippen LogP contribution >= 0.6 is 23.5 Å². The SMILES string of the molecule is N[C@@H](CCSC[C@H](N)C(=O)O)C(=O)O.N[C@@H](CCSC[C@H](N)C(=O)O)C(=O)O. The Morgan fingerprint density at radius 2 is 0.821 bits per heavy atom. The minimum atomic E-state index is -1.06. The zero-order valence-corrected chi connectivity index (χ0v) is 16.7. The molecule has 0 saturated heterocycles. The first kappa shape index (κ1) is 28.6. The summed E-state index contributed by atoms with van der Waals surface area (Å²) in [7, 11) is 0. The van der Waals surface area contributed by atoms with Crippen molar-refractivity contribution in [2.75, 3.05) is 23.0 Å². The van der Waals surface area contributed by atoms with Gasteiger partial charge in [-0.1, -0.05) is 0 Å². The van der Waals surface area contributed by atoms with Crippen molar-refractivity contribution < 1.29 is 39.6 Å². The molecule has 0 aromatic carbocycles. The monoisotopic (exact) mass is 444 g/mol. The van der Waals surface area contributed by atoms with Gasteiger partial charge < -0.3 is 43.4 Å². The Kier molecular flexibility index (Phi) is 16.7. The van der Waals surface area contributed by atoms with Crippen molar-refractivity contribution in [3.63, 3.8) is 0 Å². The summed E-state index contributed by atoms with van der Waals surface area (Å²) < 4.78 is 0. The highest BCUT2D eigenvalue weighted by molar-refractivity contribution is 7.99. The third-order valence-corrected chi connectivity index (χ3v) is 5.25. The molecule has 0 aromatic rings. The van der Waals surface area contributed by atoms with Gasteiger partial charge in [0, 0.05) is 11.5 Å². The van der Waals surface area contributed by atoms with Crippen molar-refractivity contribution in [3.8, 4) is 0 Å². The lowest BCUT2D eigenvalue weighted by molar-refractivity contribution is -0.139. The minimum Gasteiger partial charge on any atom is -0.480 e. The molecule has 0 aliphatic carbocycles. The smallest absolute Gasteiger partial charge is 0.321 e. The molecule has 0 saturated carbocycles. The standard InChI is InChI=1S/2C7H14N2O4S/c2*8-4(6(10)11)1-2-14-3-5(9)7(12)13/h2*4-5H,1-3,8-9H2,(H,10,11)(H,12,13)/t2*4-,5-/m00/s1. The average Bonchev–Trinajstić information content (AvgIpc) is 2.61. The first-order chi connectivity index (χ1) is 12.9. The van der Waals surface area contributed by atoms with E-state index < -0.39 is 48.0 Å². The molecule has 12 nitrogen and oxygen atoms in total. The third-order valence-electron chi connectivity index (χ3n) is 3.01. The summed E-state index contributed by atoms with van der Waals surface area (Å²) >= 11 is 2.57. The van der Waals surface area contributed by atoms with Gasteiger partial charge in [-0.3, -0.25) is 19.2 Å². The van der Waals surface area contributed by atoms with Crippen LogP contribution in [0.3, 0.4) is 0 Å². The Balaban J connectivity index is 0. The highest BCUT2D eigenvalue weighted by Crippen LogP contribution is 2.06. The second-order valence-electron chi connectivity index (χ2n) is 5.51. The van der Waals surface area contributed by atoms with Gasteiger partial charge in [-0.15, -0.1) is 0 Å². The van der Waals surface area contributed by atoms with Crippen molar-refractivity contribution in [3.05, 3.63) is 0 Å². The fourth-order valence-corrected chi connectivity index (χ4v) is 3.20. The summed E-state index contributed by atoms with van der Waals surface area (Å²) in [6.45, 7) is 0. The molecule has 0 radical (unpaired) electrons. The van der Waals surface area contributed by atoms with E-state index in [1.165, 1.54) is 23.5 Å². The van der Waals surface area contributed by atoms with Crippen molar-refractivity contribution in [1.29, 1.82) is 0 Å². The molecule has 0 amide bonds. The summed E-state index contributed by atoms with van der Waals surface area (Å²) in [5.74, 6) is -2.69. The summed E-state index contributed by atoms with van der Waals surface area (Å²) in [5, 5.41) is 33.7. The van der Waals surface area contributed by atoms with Crippen molar-refractivity contribution >= 4 is 47.4 Å². The molecule has 0 rings (SSSR count). The van der Waals surface area contributed by atoms with Crippen LogP contribution in [0.15, 0.2) is 0 Å². The van der Waals surface area contributed by atoms with Gasteiger partial charge >= 0.3 is 23.9 Å². The second-order valence-corrected chi connectivity index (χ2v) is 7.81. The van der Waals surface area contributed by atoms with Gasteiger partial charge in [-0.05, 0) is 24.3 Å². The molecule has 14 heteroatoms. The van der Waals surface area contributed by atoms with Gasteiger partial charge in [0.1, 0.15) is 24.2 Å².